The molecule has 0 aliphatic carbocycles. The molecule has 0 bridgehead atoms. The molecule has 0 spiro atoms. The highest BCUT2D eigenvalue weighted by molar-refractivity contribution is 7.92. The SMILES string of the molecule is [C-]#[N+]C[C@H]1CN(c2ncnc3ccc(-c4cnc(OC)c(NS(=O)(=O)c5c(F)cccc5F)c4)cc23)CCN1C(=O)C(=C)F. The fourth-order valence-corrected chi connectivity index (χ4v) is 6.18. The fourth-order valence-electron chi connectivity index (χ4n) is 4.99. The van der Waals surface area contributed by atoms with Crippen molar-refractivity contribution in [2.45, 2.75) is 10.9 Å². The van der Waals surface area contributed by atoms with E-state index in [9.17, 15) is 26.4 Å². The second-order valence-corrected chi connectivity index (χ2v) is 11.3. The van der Waals surface area contributed by atoms with E-state index in [1.54, 1.807) is 18.2 Å². The van der Waals surface area contributed by atoms with Crippen LogP contribution in [0.15, 0.2) is 72.3 Å². The summed E-state index contributed by atoms with van der Waals surface area (Å²) in [6.45, 7) is 11.0. The van der Waals surface area contributed by atoms with Gasteiger partial charge < -0.3 is 19.4 Å². The Morgan fingerprint density at radius 2 is 1.89 bits per heavy atom. The van der Waals surface area contributed by atoms with Crippen LogP contribution >= 0.6 is 0 Å². The molecular weight excluding hydrogens is 599 g/mol. The number of fused-ring (bicyclic) bond motifs is 1. The van der Waals surface area contributed by atoms with Gasteiger partial charge in [-0.25, -0.2) is 43.1 Å². The highest BCUT2D eigenvalue weighted by atomic mass is 32.2. The van der Waals surface area contributed by atoms with E-state index in [0.717, 1.165) is 18.2 Å². The molecule has 0 saturated carbocycles. The summed E-state index contributed by atoms with van der Waals surface area (Å²) in [4.78, 5) is 30.7. The van der Waals surface area contributed by atoms with Gasteiger partial charge >= 0.3 is 0 Å². The number of rotatable bonds is 8. The van der Waals surface area contributed by atoms with Gasteiger partial charge in [-0.15, -0.1) is 0 Å². The molecule has 4 aromatic rings. The van der Waals surface area contributed by atoms with Crippen LogP contribution in [0.3, 0.4) is 0 Å². The maximum atomic E-state index is 14.3. The highest BCUT2D eigenvalue weighted by Crippen LogP contribution is 2.34. The minimum atomic E-state index is -4.71. The molecule has 2 aromatic carbocycles. The molecule has 1 saturated heterocycles. The van der Waals surface area contributed by atoms with Crippen molar-refractivity contribution in [1.82, 2.24) is 19.9 Å². The zero-order chi connectivity index (χ0) is 31.6. The number of aromatic nitrogens is 3. The lowest BCUT2D eigenvalue weighted by atomic mass is 10.0. The molecule has 3 heterocycles. The van der Waals surface area contributed by atoms with E-state index in [-0.39, 0.29) is 31.2 Å². The number of benzene rings is 2. The first kappa shape index (κ1) is 30.2. The van der Waals surface area contributed by atoms with Crippen molar-refractivity contribution in [1.29, 1.82) is 0 Å². The molecule has 15 heteroatoms. The summed E-state index contributed by atoms with van der Waals surface area (Å²) in [6, 6.07) is 8.73. The van der Waals surface area contributed by atoms with Gasteiger partial charge in [-0.2, -0.15) is 0 Å². The van der Waals surface area contributed by atoms with E-state index in [1.165, 1.54) is 30.6 Å². The average Bonchev–Trinajstić information content (AvgIpc) is 3.00. The van der Waals surface area contributed by atoms with E-state index in [1.807, 2.05) is 4.90 Å². The largest absolute Gasteiger partial charge is 0.480 e. The Balaban J connectivity index is 1.51. The van der Waals surface area contributed by atoms with E-state index in [2.05, 4.69) is 31.1 Å². The molecule has 0 unspecified atom stereocenters. The van der Waals surface area contributed by atoms with E-state index in [4.69, 9.17) is 11.3 Å². The van der Waals surface area contributed by atoms with Gasteiger partial charge in [0.2, 0.25) is 12.4 Å². The van der Waals surface area contributed by atoms with Gasteiger partial charge in [0.05, 0.1) is 12.6 Å². The van der Waals surface area contributed by atoms with Crippen LogP contribution in [0.5, 0.6) is 5.88 Å². The number of carbonyl (C=O) groups is 1. The van der Waals surface area contributed by atoms with Crippen LogP contribution in [-0.2, 0) is 14.8 Å². The lowest BCUT2D eigenvalue weighted by Gasteiger charge is -2.39. The summed E-state index contributed by atoms with van der Waals surface area (Å²) in [5, 5.41) is 0.604. The van der Waals surface area contributed by atoms with Crippen molar-refractivity contribution < 1.29 is 31.1 Å². The van der Waals surface area contributed by atoms with Crippen molar-refractivity contribution in [2.75, 3.05) is 42.9 Å². The Hall–Kier alpha value is -5.23. The van der Waals surface area contributed by atoms with Crippen molar-refractivity contribution in [2.24, 2.45) is 0 Å². The van der Waals surface area contributed by atoms with Gasteiger partial charge in [0.1, 0.15) is 35.5 Å². The molecule has 1 atom stereocenters. The number of pyridine rings is 1. The normalized spacial score (nSPS) is 15.1. The van der Waals surface area contributed by atoms with E-state index in [0.29, 0.717) is 34.4 Å². The van der Waals surface area contributed by atoms with Gasteiger partial charge in [0, 0.05) is 36.8 Å². The monoisotopic (exact) mass is 623 g/mol. The Kier molecular flexibility index (Phi) is 8.36. The second kappa shape index (κ2) is 12.2. The summed E-state index contributed by atoms with van der Waals surface area (Å²) >= 11 is 0. The number of halogens is 3. The number of carbonyl (C=O) groups excluding carboxylic acids is 1. The van der Waals surface area contributed by atoms with Crippen molar-refractivity contribution in [3.8, 4) is 17.0 Å². The van der Waals surface area contributed by atoms with E-state index < -0.39 is 44.3 Å². The second-order valence-electron chi connectivity index (χ2n) is 9.71. The van der Waals surface area contributed by atoms with Gasteiger partial charge in [-0.05, 0) is 35.9 Å². The molecule has 1 amide bonds. The molecule has 11 nitrogen and oxygen atoms in total. The summed E-state index contributed by atoms with van der Waals surface area (Å²) in [5.41, 5.74) is 1.42. The summed E-state index contributed by atoms with van der Waals surface area (Å²) in [5.74, 6) is -4.10. The molecule has 1 fully saturated rings. The first-order valence-electron chi connectivity index (χ1n) is 13.0. The summed E-state index contributed by atoms with van der Waals surface area (Å²) in [6.07, 6.45) is 2.82. The average molecular weight is 624 g/mol. The van der Waals surface area contributed by atoms with Crippen LogP contribution in [0.2, 0.25) is 0 Å². The molecule has 1 aliphatic rings. The molecule has 1 aliphatic heterocycles. The molecular formula is C29H24F3N7O4S. The highest BCUT2D eigenvalue weighted by Gasteiger charge is 2.34. The third-order valence-electron chi connectivity index (χ3n) is 7.00. The third-order valence-corrected chi connectivity index (χ3v) is 8.42. The number of nitrogens with one attached hydrogen (secondary N) is 1. The number of piperazine rings is 1. The number of anilines is 2. The predicted molar refractivity (Wildman–Crippen MR) is 156 cm³/mol. The van der Waals surface area contributed by atoms with Gasteiger partial charge in [0.15, 0.2) is 10.7 Å². The van der Waals surface area contributed by atoms with Crippen molar-refractivity contribution >= 4 is 38.3 Å². The molecule has 44 heavy (non-hydrogen) atoms. The number of nitrogens with zero attached hydrogens (tertiary/aromatic N) is 6. The fraction of sp³-hybridized carbons (Fsp3) is 0.207. The van der Waals surface area contributed by atoms with Crippen LogP contribution in [0, 0.1) is 18.2 Å². The van der Waals surface area contributed by atoms with Gasteiger partial charge in [-0.3, -0.25) is 9.52 Å². The third kappa shape index (κ3) is 5.84. The standard InChI is InChI=1S/C29H24F3N7O4S/c1-17(30)29(40)39-10-9-38(15-20(39)14-33-2)27-21-11-18(7-8-24(21)35-16-36-27)19-12-25(28(43-3)34-13-19)37-44(41,42)26-22(31)5-4-6-23(26)32/h4-8,11-13,16,20,37H,1,9-10,14-15H2,3H3/t20-/m0/s1. The first-order valence-corrected chi connectivity index (χ1v) is 14.5. The minimum absolute atomic E-state index is 0.0449. The summed E-state index contributed by atoms with van der Waals surface area (Å²) in [7, 11) is -3.45. The summed E-state index contributed by atoms with van der Waals surface area (Å²) < 4.78 is 75.5. The Bertz CT molecular complexity index is 1910. The van der Waals surface area contributed by atoms with Gasteiger partial charge in [-0.1, -0.05) is 18.7 Å². The first-order chi connectivity index (χ1) is 21.0. The Labute approximate surface area is 250 Å². The molecule has 5 rings (SSSR count). The number of methoxy groups -OCH3 is 1. The quantitative estimate of drug-likeness (QED) is 0.229. The lowest BCUT2D eigenvalue weighted by molar-refractivity contribution is -0.131. The van der Waals surface area contributed by atoms with Crippen molar-refractivity contribution in [3.05, 3.63) is 90.4 Å². The molecule has 0 radical (unpaired) electrons. The molecule has 226 valence electrons. The van der Waals surface area contributed by atoms with Gasteiger partial charge in [0.25, 0.3) is 15.9 Å². The van der Waals surface area contributed by atoms with Crippen molar-refractivity contribution in [3.63, 3.8) is 0 Å². The predicted octanol–water partition coefficient (Wildman–Crippen LogP) is 4.20. The number of sulfonamides is 1. The van der Waals surface area contributed by atoms with E-state index >= 15 is 0 Å². The van der Waals surface area contributed by atoms with Crippen LogP contribution in [0.25, 0.3) is 26.9 Å². The lowest BCUT2D eigenvalue weighted by Crippen LogP contribution is -2.56. The minimum Gasteiger partial charge on any atom is -0.480 e. The number of hydrogen-bond acceptors (Lipinski definition) is 8. The Morgan fingerprint density at radius 3 is 2.57 bits per heavy atom. The zero-order valence-electron chi connectivity index (χ0n) is 23.2. The number of hydrogen-bond donors (Lipinski definition) is 1. The topological polar surface area (TPSA) is 122 Å². The number of amides is 1. The maximum absolute atomic E-state index is 14.3. The van der Waals surface area contributed by atoms with Crippen LogP contribution in [-0.4, -0.2) is 73.5 Å². The van der Waals surface area contributed by atoms with Crippen LogP contribution in [0.1, 0.15) is 0 Å². The maximum Gasteiger partial charge on any atom is 0.282 e. The number of ether oxygens (including phenoxy) is 1. The zero-order valence-corrected chi connectivity index (χ0v) is 24.0. The van der Waals surface area contributed by atoms with Crippen LogP contribution in [0.4, 0.5) is 24.7 Å². The van der Waals surface area contributed by atoms with Crippen LogP contribution < -0.4 is 14.4 Å². The molecule has 1 N–H and O–H groups in total. The smallest absolute Gasteiger partial charge is 0.282 e. The Morgan fingerprint density at radius 1 is 1.14 bits per heavy atom. The molecule has 2 aromatic heterocycles.